The maximum Gasteiger partial charge on any atom is 0.325 e. The van der Waals surface area contributed by atoms with Crippen LogP contribution in [-0.2, 0) is 11.3 Å². The molecular weight excluding hydrogens is 300 g/mol. The number of carbonyl (C=O) groups is 2. The van der Waals surface area contributed by atoms with Crippen molar-refractivity contribution in [3.63, 3.8) is 0 Å². The maximum atomic E-state index is 12.3. The van der Waals surface area contributed by atoms with Gasteiger partial charge in [-0.15, -0.1) is 0 Å². The number of hydrogen-bond donors (Lipinski definition) is 1. The van der Waals surface area contributed by atoms with Crippen LogP contribution in [0.4, 0.5) is 4.79 Å². The molecule has 2 aliphatic rings. The zero-order valence-corrected chi connectivity index (χ0v) is 13.6. The molecule has 6 nitrogen and oxygen atoms in total. The summed E-state index contributed by atoms with van der Waals surface area (Å²) in [7, 11) is 1.66. The topological polar surface area (TPSA) is 65.0 Å². The molecule has 1 aromatic carbocycles. The van der Waals surface area contributed by atoms with Gasteiger partial charge in [-0.2, -0.15) is 0 Å². The Balaban J connectivity index is 1.91. The lowest BCUT2D eigenvalue weighted by molar-refractivity contribution is -0.127. The average molecular weight is 318 g/mol. The van der Waals surface area contributed by atoms with Crippen LogP contribution in [0.3, 0.4) is 0 Å². The Morgan fingerprint density at radius 3 is 2.82 bits per heavy atom. The van der Waals surface area contributed by atoms with Crippen LogP contribution < -0.4 is 5.32 Å². The normalized spacial score (nSPS) is 24.2. The van der Waals surface area contributed by atoms with Crippen molar-refractivity contribution in [2.24, 2.45) is 4.99 Å². The number of aliphatic imine (C=N–C) groups is 1. The monoisotopic (exact) mass is 318 g/mol. The number of benzene rings is 1. The molecule has 0 radical (unpaired) electrons. The number of hydrogen-bond acceptors (Lipinski definition) is 5. The highest BCUT2D eigenvalue weighted by Gasteiger charge is 2.48. The molecule has 2 aliphatic heterocycles. The number of thioether (sulfide) groups is 1. The number of nitrogens with zero attached hydrogens (tertiary/aromatic N) is 3. The Kier molecular flexibility index (Phi) is 3.82. The summed E-state index contributed by atoms with van der Waals surface area (Å²) in [5.74, 6) is -0.284. The van der Waals surface area contributed by atoms with Gasteiger partial charge in [0.1, 0.15) is 0 Å². The van der Waals surface area contributed by atoms with Crippen LogP contribution in [0, 0.1) is 6.92 Å². The second kappa shape index (κ2) is 5.64. The number of carbonyl (C=O) groups excluding carboxylic acids is 2. The van der Waals surface area contributed by atoms with Gasteiger partial charge in [0.15, 0.2) is 17.4 Å². The van der Waals surface area contributed by atoms with Gasteiger partial charge in [0.25, 0.3) is 5.91 Å². The molecule has 0 aromatic heterocycles. The molecule has 2 atom stereocenters. The molecule has 1 saturated heterocycles. The van der Waals surface area contributed by atoms with Crippen molar-refractivity contribution in [1.29, 1.82) is 0 Å². The molecule has 0 aliphatic carbocycles. The third-order valence-electron chi connectivity index (χ3n) is 3.94. The summed E-state index contributed by atoms with van der Waals surface area (Å²) in [6.45, 7) is 2.64. The lowest BCUT2D eigenvalue weighted by Gasteiger charge is -2.36. The SMILES string of the molecule is CSC1=NC2C(C(=O)NC(=O)N2C)N1Cc1cccc(C)c1. The molecule has 1 aromatic rings. The lowest BCUT2D eigenvalue weighted by atomic mass is 10.1. The Morgan fingerprint density at radius 1 is 1.36 bits per heavy atom. The molecular formula is C15H18N4O2S. The van der Waals surface area contributed by atoms with Gasteiger partial charge in [-0.25, -0.2) is 9.79 Å². The van der Waals surface area contributed by atoms with E-state index < -0.39 is 18.2 Å². The minimum absolute atomic E-state index is 0.284. The van der Waals surface area contributed by atoms with Crippen molar-refractivity contribution in [1.82, 2.24) is 15.1 Å². The highest BCUT2D eigenvalue weighted by molar-refractivity contribution is 8.13. The van der Waals surface area contributed by atoms with E-state index >= 15 is 0 Å². The Bertz CT molecular complexity index is 661. The maximum absolute atomic E-state index is 12.3. The Morgan fingerprint density at radius 2 is 2.14 bits per heavy atom. The van der Waals surface area contributed by atoms with Gasteiger partial charge in [0.05, 0.1) is 0 Å². The van der Waals surface area contributed by atoms with Crippen LogP contribution in [-0.4, -0.2) is 52.4 Å². The predicted octanol–water partition coefficient (Wildman–Crippen LogP) is 1.41. The third kappa shape index (κ3) is 2.45. The van der Waals surface area contributed by atoms with Crippen LogP contribution in [0.25, 0.3) is 0 Å². The van der Waals surface area contributed by atoms with Gasteiger partial charge in [-0.3, -0.25) is 10.1 Å². The number of likely N-dealkylation sites (N-methyl/N-ethyl adjacent to an activating group) is 1. The number of imide groups is 1. The molecule has 0 spiro atoms. The lowest BCUT2D eigenvalue weighted by Crippen LogP contribution is -2.63. The number of urea groups is 1. The first-order valence-electron chi connectivity index (χ1n) is 7.03. The highest BCUT2D eigenvalue weighted by atomic mass is 32.2. The van der Waals surface area contributed by atoms with E-state index in [1.54, 1.807) is 7.05 Å². The van der Waals surface area contributed by atoms with E-state index in [2.05, 4.69) is 16.4 Å². The minimum Gasteiger partial charge on any atom is -0.331 e. The molecule has 116 valence electrons. The molecule has 1 N–H and O–H groups in total. The van der Waals surface area contributed by atoms with Crippen LogP contribution in [0.15, 0.2) is 29.3 Å². The summed E-state index contributed by atoms with van der Waals surface area (Å²) in [5.41, 5.74) is 2.30. The summed E-state index contributed by atoms with van der Waals surface area (Å²) >= 11 is 1.49. The molecule has 2 unspecified atom stereocenters. The van der Waals surface area contributed by atoms with E-state index in [4.69, 9.17) is 0 Å². The van der Waals surface area contributed by atoms with Crippen LogP contribution in [0.2, 0.25) is 0 Å². The molecule has 2 heterocycles. The highest BCUT2D eigenvalue weighted by Crippen LogP contribution is 2.29. The van der Waals surface area contributed by atoms with E-state index in [0.29, 0.717) is 6.54 Å². The van der Waals surface area contributed by atoms with Gasteiger partial charge in [0, 0.05) is 13.6 Å². The van der Waals surface area contributed by atoms with Crippen molar-refractivity contribution in [2.75, 3.05) is 13.3 Å². The first-order chi connectivity index (χ1) is 10.5. The second-order valence-electron chi connectivity index (χ2n) is 5.50. The Hall–Kier alpha value is -2.02. The van der Waals surface area contributed by atoms with Crippen molar-refractivity contribution >= 4 is 28.9 Å². The summed E-state index contributed by atoms with van der Waals surface area (Å²) in [6, 6.07) is 7.32. The summed E-state index contributed by atoms with van der Waals surface area (Å²) in [5, 5.41) is 3.18. The standard InChI is InChI=1S/C15H18N4O2S/c1-9-5-4-6-10(7-9)8-19-11-12(16-15(19)22-3)18(2)14(21)17-13(11)20/h4-7,11-12H,8H2,1-3H3,(H,17,20,21). The zero-order valence-electron chi connectivity index (χ0n) is 12.7. The van der Waals surface area contributed by atoms with Crippen LogP contribution >= 0.6 is 11.8 Å². The molecule has 0 saturated carbocycles. The minimum atomic E-state index is -0.467. The van der Waals surface area contributed by atoms with Gasteiger partial charge >= 0.3 is 6.03 Å². The number of aryl methyl sites for hydroxylation is 1. The third-order valence-corrected chi connectivity index (χ3v) is 4.65. The van der Waals surface area contributed by atoms with Gasteiger partial charge in [-0.05, 0) is 18.7 Å². The number of amidine groups is 1. The van der Waals surface area contributed by atoms with Gasteiger partial charge < -0.3 is 9.80 Å². The number of fused-ring (bicyclic) bond motifs is 1. The first kappa shape index (κ1) is 14.9. The fourth-order valence-electron chi connectivity index (χ4n) is 2.84. The summed E-state index contributed by atoms with van der Waals surface area (Å²) < 4.78 is 0. The van der Waals surface area contributed by atoms with E-state index in [9.17, 15) is 9.59 Å². The van der Waals surface area contributed by atoms with Crippen molar-refractivity contribution in [2.45, 2.75) is 25.7 Å². The van der Waals surface area contributed by atoms with E-state index in [1.807, 2.05) is 36.3 Å². The Labute approximate surface area is 133 Å². The quantitative estimate of drug-likeness (QED) is 0.895. The fourth-order valence-corrected chi connectivity index (χ4v) is 3.47. The smallest absolute Gasteiger partial charge is 0.325 e. The molecule has 3 rings (SSSR count). The van der Waals surface area contributed by atoms with Crippen molar-refractivity contribution in [3.05, 3.63) is 35.4 Å². The van der Waals surface area contributed by atoms with Crippen LogP contribution in [0.5, 0.6) is 0 Å². The molecule has 0 bridgehead atoms. The predicted molar refractivity (Wildman–Crippen MR) is 86.5 cm³/mol. The fraction of sp³-hybridized carbons (Fsp3) is 0.400. The number of rotatable bonds is 2. The zero-order chi connectivity index (χ0) is 15.9. The van der Waals surface area contributed by atoms with Gasteiger partial charge in [-0.1, -0.05) is 41.6 Å². The van der Waals surface area contributed by atoms with E-state index in [-0.39, 0.29) is 5.91 Å². The van der Waals surface area contributed by atoms with Crippen LogP contribution in [0.1, 0.15) is 11.1 Å². The number of nitrogens with one attached hydrogen (secondary N) is 1. The van der Waals surface area contributed by atoms with E-state index in [0.717, 1.165) is 10.7 Å². The first-order valence-corrected chi connectivity index (χ1v) is 8.25. The molecule has 22 heavy (non-hydrogen) atoms. The van der Waals surface area contributed by atoms with Crippen molar-refractivity contribution < 1.29 is 9.59 Å². The van der Waals surface area contributed by atoms with E-state index in [1.165, 1.54) is 22.2 Å². The average Bonchev–Trinajstić information content (AvgIpc) is 2.84. The largest absolute Gasteiger partial charge is 0.331 e. The van der Waals surface area contributed by atoms with Gasteiger partial charge in [0.2, 0.25) is 0 Å². The molecule has 7 heteroatoms. The van der Waals surface area contributed by atoms with Crippen molar-refractivity contribution in [3.8, 4) is 0 Å². The summed E-state index contributed by atoms with van der Waals surface area (Å²) in [4.78, 5) is 32.0. The molecule has 3 amide bonds. The number of amides is 3. The molecule has 1 fully saturated rings. The second-order valence-corrected chi connectivity index (χ2v) is 6.27. The summed E-state index contributed by atoms with van der Waals surface area (Å²) in [6.07, 6.45) is 1.48.